The monoisotopic (exact) mass is 409 g/mol. The fourth-order valence-electron chi connectivity index (χ4n) is 1.82. The van der Waals surface area contributed by atoms with Gasteiger partial charge in [-0.25, -0.2) is 4.79 Å². The van der Waals surface area contributed by atoms with Crippen molar-refractivity contribution in [2.45, 2.75) is 39.5 Å². The minimum atomic E-state index is -2.90. The summed E-state index contributed by atoms with van der Waals surface area (Å²) in [4.78, 5) is 13.8. The van der Waals surface area contributed by atoms with E-state index in [4.69, 9.17) is 9.47 Å². The zero-order chi connectivity index (χ0) is 18.3. The Labute approximate surface area is 149 Å². The SMILES string of the molecule is COCCN(Cc1ccc(OC(F)F)c(Br)c1)C(=O)OC(C)(C)C. The van der Waals surface area contributed by atoms with Gasteiger partial charge in [0.25, 0.3) is 0 Å². The summed E-state index contributed by atoms with van der Waals surface area (Å²) in [6.07, 6.45) is -0.469. The second-order valence-corrected chi connectivity index (χ2v) is 6.89. The molecule has 0 aliphatic carbocycles. The summed E-state index contributed by atoms with van der Waals surface area (Å²) in [6.45, 7) is 3.41. The average Bonchev–Trinajstić information content (AvgIpc) is 2.43. The number of nitrogens with zero attached hydrogens (tertiary/aromatic N) is 1. The van der Waals surface area contributed by atoms with E-state index in [1.165, 1.54) is 11.0 Å². The van der Waals surface area contributed by atoms with Crippen molar-refractivity contribution in [1.82, 2.24) is 4.90 Å². The molecule has 0 aliphatic rings. The van der Waals surface area contributed by atoms with Crippen LogP contribution < -0.4 is 4.74 Å². The lowest BCUT2D eigenvalue weighted by Gasteiger charge is -2.27. The predicted molar refractivity (Wildman–Crippen MR) is 89.3 cm³/mol. The number of carbonyl (C=O) groups is 1. The van der Waals surface area contributed by atoms with E-state index in [2.05, 4.69) is 20.7 Å². The third-order valence-corrected chi connectivity index (χ3v) is 3.42. The Hall–Kier alpha value is -1.41. The summed E-state index contributed by atoms with van der Waals surface area (Å²) in [6, 6.07) is 4.67. The van der Waals surface area contributed by atoms with Crippen LogP contribution in [0.5, 0.6) is 5.75 Å². The average molecular weight is 410 g/mol. The van der Waals surface area contributed by atoms with E-state index in [1.54, 1.807) is 40.0 Å². The van der Waals surface area contributed by atoms with Crippen LogP contribution in [0.3, 0.4) is 0 Å². The first-order valence-corrected chi connectivity index (χ1v) is 8.12. The first-order chi connectivity index (χ1) is 11.1. The molecule has 0 bridgehead atoms. The van der Waals surface area contributed by atoms with Crippen LogP contribution in [0.15, 0.2) is 22.7 Å². The van der Waals surface area contributed by atoms with Crippen LogP contribution in [0.1, 0.15) is 26.3 Å². The van der Waals surface area contributed by atoms with Crippen molar-refractivity contribution in [3.8, 4) is 5.75 Å². The molecule has 24 heavy (non-hydrogen) atoms. The summed E-state index contributed by atoms with van der Waals surface area (Å²) in [7, 11) is 1.54. The molecule has 0 aromatic heterocycles. The zero-order valence-electron chi connectivity index (χ0n) is 14.1. The molecule has 136 valence electrons. The number of ether oxygens (including phenoxy) is 3. The molecule has 0 heterocycles. The molecule has 0 fully saturated rings. The highest BCUT2D eigenvalue weighted by atomic mass is 79.9. The van der Waals surface area contributed by atoms with E-state index in [0.29, 0.717) is 17.6 Å². The van der Waals surface area contributed by atoms with Gasteiger partial charge in [-0.1, -0.05) is 6.07 Å². The standard InChI is InChI=1S/C16H22BrF2NO4/c1-16(2,3)24-15(21)20(7-8-22-4)10-11-5-6-13(12(17)9-11)23-14(18)19/h5-6,9,14H,7-8,10H2,1-4H3. The van der Waals surface area contributed by atoms with Gasteiger partial charge in [0.05, 0.1) is 11.1 Å². The van der Waals surface area contributed by atoms with Crippen LogP contribution >= 0.6 is 15.9 Å². The molecule has 1 rings (SSSR count). The highest BCUT2D eigenvalue weighted by molar-refractivity contribution is 9.10. The van der Waals surface area contributed by atoms with Gasteiger partial charge in [0.2, 0.25) is 0 Å². The molecule has 1 aromatic carbocycles. The van der Waals surface area contributed by atoms with E-state index in [1.807, 2.05) is 0 Å². The number of halogens is 3. The first kappa shape index (κ1) is 20.6. The number of rotatable bonds is 7. The van der Waals surface area contributed by atoms with Gasteiger partial charge in [-0.2, -0.15) is 8.78 Å². The molecule has 0 saturated carbocycles. The van der Waals surface area contributed by atoms with Crippen molar-refractivity contribution in [3.05, 3.63) is 28.2 Å². The maximum absolute atomic E-state index is 12.3. The lowest BCUT2D eigenvalue weighted by molar-refractivity contribution is -0.0503. The van der Waals surface area contributed by atoms with Crippen LogP contribution in [0.2, 0.25) is 0 Å². The third kappa shape index (κ3) is 7.44. The first-order valence-electron chi connectivity index (χ1n) is 7.32. The number of hydrogen-bond acceptors (Lipinski definition) is 4. The molecule has 0 spiro atoms. The summed E-state index contributed by atoms with van der Waals surface area (Å²) in [5.41, 5.74) is 0.128. The molecule has 1 amide bonds. The van der Waals surface area contributed by atoms with Crippen LogP contribution in [-0.4, -0.2) is 43.5 Å². The van der Waals surface area contributed by atoms with Crippen LogP contribution in [0.4, 0.5) is 13.6 Å². The summed E-state index contributed by atoms with van der Waals surface area (Å²) in [5.74, 6) is 0.0365. The molecule has 0 unspecified atom stereocenters. The Kier molecular flexibility index (Phi) is 7.89. The van der Waals surface area contributed by atoms with E-state index >= 15 is 0 Å². The highest BCUT2D eigenvalue weighted by Gasteiger charge is 2.22. The molecule has 0 radical (unpaired) electrons. The van der Waals surface area contributed by atoms with Gasteiger partial charge < -0.3 is 19.1 Å². The quantitative estimate of drug-likeness (QED) is 0.667. The van der Waals surface area contributed by atoms with Gasteiger partial charge in [0.15, 0.2) is 0 Å². The predicted octanol–water partition coefficient (Wildman–Crippen LogP) is 4.43. The number of benzene rings is 1. The molecule has 1 aromatic rings. The van der Waals surface area contributed by atoms with E-state index in [-0.39, 0.29) is 12.3 Å². The number of hydrogen-bond donors (Lipinski definition) is 0. The third-order valence-electron chi connectivity index (χ3n) is 2.80. The van der Waals surface area contributed by atoms with Crippen molar-refractivity contribution in [2.75, 3.05) is 20.3 Å². The van der Waals surface area contributed by atoms with Gasteiger partial charge >= 0.3 is 12.7 Å². The van der Waals surface area contributed by atoms with Crippen LogP contribution in [-0.2, 0) is 16.0 Å². The van der Waals surface area contributed by atoms with Crippen molar-refractivity contribution in [2.24, 2.45) is 0 Å². The van der Waals surface area contributed by atoms with Gasteiger partial charge in [-0.15, -0.1) is 0 Å². The molecular weight excluding hydrogens is 388 g/mol. The van der Waals surface area contributed by atoms with Crippen LogP contribution in [0.25, 0.3) is 0 Å². The Bertz CT molecular complexity index is 549. The van der Waals surface area contributed by atoms with Crippen molar-refractivity contribution < 1.29 is 27.8 Å². The lowest BCUT2D eigenvalue weighted by atomic mass is 10.2. The molecule has 0 atom stereocenters. The second kappa shape index (κ2) is 9.17. The lowest BCUT2D eigenvalue weighted by Crippen LogP contribution is -2.38. The van der Waals surface area contributed by atoms with Crippen molar-refractivity contribution in [3.63, 3.8) is 0 Å². The van der Waals surface area contributed by atoms with Crippen molar-refractivity contribution >= 4 is 22.0 Å². The maximum Gasteiger partial charge on any atom is 0.410 e. The number of carbonyl (C=O) groups excluding carboxylic acids is 1. The van der Waals surface area contributed by atoms with Crippen LogP contribution in [0, 0.1) is 0 Å². The maximum atomic E-state index is 12.3. The smallest absolute Gasteiger partial charge is 0.410 e. The Balaban J connectivity index is 2.86. The topological polar surface area (TPSA) is 48.0 Å². The van der Waals surface area contributed by atoms with Gasteiger partial charge in [0, 0.05) is 20.2 Å². The largest absolute Gasteiger partial charge is 0.444 e. The Morgan fingerprint density at radius 1 is 1.33 bits per heavy atom. The number of alkyl halides is 2. The Morgan fingerprint density at radius 2 is 2.00 bits per heavy atom. The molecular formula is C16H22BrF2NO4. The van der Waals surface area contributed by atoms with E-state index in [0.717, 1.165) is 5.56 Å². The number of methoxy groups -OCH3 is 1. The molecule has 5 nitrogen and oxygen atoms in total. The number of amides is 1. The summed E-state index contributed by atoms with van der Waals surface area (Å²) < 4.78 is 39.7. The molecule has 0 aliphatic heterocycles. The normalized spacial score (nSPS) is 11.5. The van der Waals surface area contributed by atoms with Crippen molar-refractivity contribution in [1.29, 1.82) is 0 Å². The highest BCUT2D eigenvalue weighted by Crippen LogP contribution is 2.28. The summed E-state index contributed by atoms with van der Waals surface area (Å²) in [5, 5.41) is 0. The fraction of sp³-hybridized carbons (Fsp3) is 0.562. The zero-order valence-corrected chi connectivity index (χ0v) is 15.7. The Morgan fingerprint density at radius 3 is 2.50 bits per heavy atom. The minimum absolute atomic E-state index is 0.0365. The van der Waals surface area contributed by atoms with Gasteiger partial charge in [-0.05, 0) is 54.4 Å². The van der Waals surface area contributed by atoms with Gasteiger partial charge in [-0.3, -0.25) is 0 Å². The van der Waals surface area contributed by atoms with Gasteiger partial charge in [0.1, 0.15) is 11.4 Å². The fourth-order valence-corrected chi connectivity index (χ4v) is 2.34. The second-order valence-electron chi connectivity index (χ2n) is 6.04. The van der Waals surface area contributed by atoms with E-state index < -0.39 is 18.3 Å². The molecule has 0 saturated heterocycles. The minimum Gasteiger partial charge on any atom is -0.444 e. The molecule has 0 N–H and O–H groups in total. The summed E-state index contributed by atoms with van der Waals surface area (Å²) >= 11 is 3.19. The molecule has 8 heteroatoms. The van der Waals surface area contributed by atoms with E-state index in [9.17, 15) is 13.6 Å².